The number of hydrogen-bond donors (Lipinski definition) is 0. The SMILES string of the molecule is O=C(Oc1ccccc1)C1CCCN(C(=O)OCC2c3ccccc3-c3ccccc32)C1. The van der Waals surface area contributed by atoms with E-state index < -0.39 is 0 Å². The maximum atomic E-state index is 12.9. The molecule has 1 aliphatic heterocycles. The lowest BCUT2D eigenvalue weighted by molar-refractivity contribution is -0.140. The van der Waals surface area contributed by atoms with Crippen molar-refractivity contribution in [3.63, 3.8) is 0 Å². The third-order valence-electron chi connectivity index (χ3n) is 6.31. The minimum atomic E-state index is -0.371. The second kappa shape index (κ2) is 8.87. The second-order valence-electron chi connectivity index (χ2n) is 8.32. The van der Waals surface area contributed by atoms with Crippen LogP contribution >= 0.6 is 0 Å². The van der Waals surface area contributed by atoms with E-state index in [1.165, 1.54) is 22.3 Å². The third kappa shape index (κ3) is 3.98. The van der Waals surface area contributed by atoms with Gasteiger partial charge in [-0.05, 0) is 47.2 Å². The van der Waals surface area contributed by atoms with Crippen molar-refractivity contribution >= 4 is 12.1 Å². The van der Waals surface area contributed by atoms with Crippen molar-refractivity contribution in [1.82, 2.24) is 4.90 Å². The van der Waals surface area contributed by atoms with Gasteiger partial charge in [-0.2, -0.15) is 0 Å². The molecule has 162 valence electrons. The monoisotopic (exact) mass is 427 g/mol. The fourth-order valence-corrected chi connectivity index (χ4v) is 4.71. The van der Waals surface area contributed by atoms with Crippen molar-refractivity contribution in [2.24, 2.45) is 5.92 Å². The van der Waals surface area contributed by atoms with Crippen LogP contribution in [0.1, 0.15) is 29.9 Å². The van der Waals surface area contributed by atoms with Gasteiger partial charge in [-0.25, -0.2) is 4.79 Å². The minimum Gasteiger partial charge on any atom is -0.448 e. The average Bonchev–Trinajstić information content (AvgIpc) is 3.17. The topological polar surface area (TPSA) is 55.8 Å². The van der Waals surface area contributed by atoms with Crippen LogP contribution in [-0.4, -0.2) is 36.7 Å². The Bertz CT molecular complexity index is 1080. The lowest BCUT2D eigenvalue weighted by Gasteiger charge is -2.31. The molecular weight excluding hydrogens is 402 g/mol. The Hall–Kier alpha value is -3.60. The van der Waals surface area contributed by atoms with Crippen LogP contribution in [0.4, 0.5) is 4.79 Å². The summed E-state index contributed by atoms with van der Waals surface area (Å²) in [5.74, 6) is -0.0949. The van der Waals surface area contributed by atoms with Gasteiger partial charge in [0.15, 0.2) is 0 Å². The van der Waals surface area contributed by atoms with Crippen molar-refractivity contribution in [1.29, 1.82) is 0 Å². The molecule has 5 nitrogen and oxygen atoms in total. The molecule has 1 heterocycles. The maximum Gasteiger partial charge on any atom is 0.409 e. The lowest BCUT2D eigenvalue weighted by atomic mass is 9.98. The predicted molar refractivity (Wildman–Crippen MR) is 121 cm³/mol. The van der Waals surface area contributed by atoms with Crippen LogP contribution in [0, 0.1) is 5.92 Å². The smallest absolute Gasteiger partial charge is 0.409 e. The quantitative estimate of drug-likeness (QED) is 0.421. The number of hydrogen-bond acceptors (Lipinski definition) is 4. The van der Waals surface area contributed by atoms with Crippen LogP contribution in [0.5, 0.6) is 5.75 Å². The minimum absolute atomic E-state index is 0.0231. The molecule has 0 saturated carbocycles. The van der Waals surface area contributed by atoms with E-state index in [4.69, 9.17) is 9.47 Å². The van der Waals surface area contributed by atoms with Crippen molar-refractivity contribution in [3.05, 3.63) is 90.0 Å². The largest absolute Gasteiger partial charge is 0.448 e. The molecule has 1 aliphatic carbocycles. The van der Waals surface area contributed by atoms with E-state index in [2.05, 4.69) is 24.3 Å². The van der Waals surface area contributed by atoms with Crippen molar-refractivity contribution < 1.29 is 19.1 Å². The van der Waals surface area contributed by atoms with E-state index in [-0.39, 0.29) is 30.5 Å². The highest BCUT2D eigenvalue weighted by atomic mass is 16.6. The average molecular weight is 428 g/mol. The predicted octanol–water partition coefficient (Wildman–Crippen LogP) is 5.25. The molecule has 1 saturated heterocycles. The molecule has 0 radical (unpaired) electrons. The molecule has 1 fully saturated rings. The number of para-hydroxylation sites is 1. The van der Waals surface area contributed by atoms with Crippen LogP contribution in [0.25, 0.3) is 11.1 Å². The Balaban J connectivity index is 1.22. The standard InChI is InChI=1S/C27H25NO4/c29-26(32-20-10-2-1-3-11-20)19-9-8-16-28(17-19)27(30)31-18-25-23-14-6-4-12-21(23)22-13-5-7-15-24(22)25/h1-7,10-15,19,25H,8-9,16-18H2. The molecule has 1 atom stereocenters. The number of likely N-dealkylation sites (tertiary alicyclic amines) is 1. The summed E-state index contributed by atoms with van der Waals surface area (Å²) in [6.07, 6.45) is 1.08. The van der Waals surface area contributed by atoms with Crippen LogP contribution < -0.4 is 4.74 Å². The molecule has 5 rings (SSSR count). The first-order valence-corrected chi connectivity index (χ1v) is 11.1. The highest BCUT2D eigenvalue weighted by Gasteiger charge is 2.33. The molecule has 0 spiro atoms. The third-order valence-corrected chi connectivity index (χ3v) is 6.31. The maximum absolute atomic E-state index is 12.9. The Morgan fingerprint density at radius 1 is 0.844 bits per heavy atom. The van der Waals surface area contributed by atoms with Crippen LogP contribution in [-0.2, 0) is 9.53 Å². The molecule has 1 unspecified atom stereocenters. The number of nitrogens with zero attached hydrogens (tertiary/aromatic N) is 1. The van der Waals surface area contributed by atoms with Gasteiger partial charge in [0.25, 0.3) is 0 Å². The van der Waals surface area contributed by atoms with Gasteiger partial charge in [0, 0.05) is 19.0 Å². The first-order chi connectivity index (χ1) is 15.7. The molecule has 3 aromatic rings. The zero-order valence-electron chi connectivity index (χ0n) is 17.8. The molecule has 0 N–H and O–H groups in total. The zero-order valence-corrected chi connectivity index (χ0v) is 17.8. The summed E-state index contributed by atoms with van der Waals surface area (Å²) >= 11 is 0. The van der Waals surface area contributed by atoms with Crippen LogP contribution in [0.2, 0.25) is 0 Å². The van der Waals surface area contributed by atoms with Gasteiger partial charge in [0.05, 0.1) is 5.92 Å². The fraction of sp³-hybridized carbons (Fsp3) is 0.259. The highest BCUT2D eigenvalue weighted by molar-refractivity contribution is 5.79. The van der Waals surface area contributed by atoms with Gasteiger partial charge in [-0.15, -0.1) is 0 Å². The second-order valence-corrected chi connectivity index (χ2v) is 8.32. The van der Waals surface area contributed by atoms with Crippen molar-refractivity contribution in [3.8, 4) is 16.9 Å². The Morgan fingerprint density at radius 2 is 1.47 bits per heavy atom. The summed E-state index contributed by atoms with van der Waals surface area (Å²) in [6.45, 7) is 1.19. The summed E-state index contributed by atoms with van der Waals surface area (Å²) in [4.78, 5) is 27.1. The zero-order chi connectivity index (χ0) is 21.9. The molecule has 2 aliphatic rings. The lowest BCUT2D eigenvalue weighted by Crippen LogP contribution is -2.43. The van der Waals surface area contributed by atoms with Gasteiger partial charge in [-0.3, -0.25) is 4.79 Å². The first kappa shape index (κ1) is 20.3. The number of carbonyl (C=O) groups is 2. The Kier molecular flexibility index (Phi) is 5.63. The summed E-state index contributed by atoms with van der Waals surface area (Å²) in [7, 11) is 0. The van der Waals surface area contributed by atoms with E-state index in [0.717, 1.165) is 6.42 Å². The fourth-order valence-electron chi connectivity index (χ4n) is 4.71. The summed E-state index contributed by atoms with van der Waals surface area (Å²) < 4.78 is 11.2. The number of ether oxygens (including phenoxy) is 2. The first-order valence-electron chi connectivity index (χ1n) is 11.1. The van der Waals surface area contributed by atoms with E-state index in [1.54, 1.807) is 17.0 Å². The van der Waals surface area contributed by atoms with Crippen molar-refractivity contribution in [2.75, 3.05) is 19.7 Å². The van der Waals surface area contributed by atoms with Crippen molar-refractivity contribution in [2.45, 2.75) is 18.8 Å². The molecule has 1 amide bonds. The number of carbonyl (C=O) groups excluding carboxylic acids is 2. The van der Waals surface area contributed by atoms with Crippen LogP contribution in [0.3, 0.4) is 0 Å². The number of piperidine rings is 1. The molecule has 5 heteroatoms. The molecule has 3 aromatic carbocycles. The molecule has 0 bridgehead atoms. The van der Waals surface area contributed by atoms with Crippen LogP contribution in [0.15, 0.2) is 78.9 Å². The number of amides is 1. The molecule has 32 heavy (non-hydrogen) atoms. The van der Waals surface area contributed by atoms with Gasteiger partial charge in [-0.1, -0.05) is 66.7 Å². The highest BCUT2D eigenvalue weighted by Crippen LogP contribution is 2.44. The van der Waals surface area contributed by atoms with Gasteiger partial charge in [0.2, 0.25) is 0 Å². The van der Waals surface area contributed by atoms with E-state index in [9.17, 15) is 9.59 Å². The normalized spacial score (nSPS) is 17.4. The number of rotatable bonds is 4. The number of esters is 1. The van der Waals surface area contributed by atoms with Gasteiger partial charge < -0.3 is 14.4 Å². The van der Waals surface area contributed by atoms with E-state index in [1.807, 2.05) is 42.5 Å². The van der Waals surface area contributed by atoms with Gasteiger partial charge in [0.1, 0.15) is 12.4 Å². The molecule has 0 aromatic heterocycles. The summed E-state index contributed by atoms with van der Waals surface area (Å²) in [5.41, 5.74) is 4.77. The number of benzene rings is 3. The Morgan fingerprint density at radius 3 is 2.16 bits per heavy atom. The number of fused-ring (bicyclic) bond motifs is 3. The Labute approximate surface area is 187 Å². The summed E-state index contributed by atoms with van der Waals surface area (Å²) in [5, 5.41) is 0. The molecular formula is C27H25NO4. The van der Waals surface area contributed by atoms with E-state index in [0.29, 0.717) is 25.3 Å². The van der Waals surface area contributed by atoms with E-state index >= 15 is 0 Å². The summed E-state index contributed by atoms with van der Waals surface area (Å²) in [6, 6.07) is 25.6. The van der Waals surface area contributed by atoms with Gasteiger partial charge >= 0.3 is 12.1 Å².